The van der Waals surface area contributed by atoms with Crippen molar-refractivity contribution >= 4 is 11.6 Å². The van der Waals surface area contributed by atoms with Crippen LogP contribution in [-0.4, -0.2) is 5.54 Å². The molecule has 0 amide bonds. The molecule has 1 nitrogen and oxygen atoms in total. The summed E-state index contributed by atoms with van der Waals surface area (Å²) in [6.45, 7) is 4.24. The lowest BCUT2D eigenvalue weighted by Crippen LogP contribution is -2.43. The first-order valence-electron chi connectivity index (χ1n) is 5.53. The van der Waals surface area contributed by atoms with Crippen LogP contribution in [0.2, 0.25) is 5.02 Å². The van der Waals surface area contributed by atoms with Gasteiger partial charge in [0.15, 0.2) is 0 Å². The van der Waals surface area contributed by atoms with Crippen molar-refractivity contribution in [2.45, 2.75) is 38.6 Å². The van der Waals surface area contributed by atoms with Gasteiger partial charge in [-0.3, -0.25) is 0 Å². The molecule has 1 aromatic rings. The second-order valence-electron chi connectivity index (χ2n) is 5.14. The van der Waals surface area contributed by atoms with Gasteiger partial charge in [-0.2, -0.15) is 0 Å². The molecule has 0 heterocycles. The van der Waals surface area contributed by atoms with Gasteiger partial charge in [-0.05, 0) is 56.2 Å². The third kappa shape index (κ3) is 2.19. The Kier molecular flexibility index (Phi) is 2.78. The number of benzene rings is 1. The van der Waals surface area contributed by atoms with Crippen molar-refractivity contribution in [3.05, 3.63) is 34.3 Å². The molecule has 0 bridgehead atoms. The van der Waals surface area contributed by atoms with Crippen molar-refractivity contribution in [2.24, 2.45) is 11.7 Å². The lowest BCUT2D eigenvalue weighted by Gasteiger charge is -2.35. The van der Waals surface area contributed by atoms with E-state index < -0.39 is 0 Å². The lowest BCUT2D eigenvalue weighted by atomic mass is 9.75. The summed E-state index contributed by atoms with van der Waals surface area (Å²) in [4.78, 5) is 0. The highest BCUT2D eigenvalue weighted by Gasteiger charge is 2.29. The highest BCUT2D eigenvalue weighted by Crippen LogP contribution is 2.34. The fraction of sp³-hybridized carbons (Fsp3) is 0.538. The fourth-order valence-corrected chi connectivity index (χ4v) is 2.68. The molecule has 2 heteroatoms. The Morgan fingerprint density at radius 2 is 2.13 bits per heavy atom. The summed E-state index contributed by atoms with van der Waals surface area (Å²) in [5, 5.41) is 0.917. The van der Waals surface area contributed by atoms with Crippen LogP contribution in [0.15, 0.2) is 18.2 Å². The first kappa shape index (κ1) is 11.0. The van der Waals surface area contributed by atoms with E-state index in [1.165, 1.54) is 11.1 Å². The Balaban J connectivity index is 2.28. The van der Waals surface area contributed by atoms with Crippen molar-refractivity contribution in [3.63, 3.8) is 0 Å². The standard InChI is InChI=1S/C13H18ClN/c1-13(2,15)10-6-7-11-9(8-10)4-3-5-12(11)14/h3-5,10H,6-8,15H2,1-2H3. The van der Waals surface area contributed by atoms with Gasteiger partial charge >= 0.3 is 0 Å². The number of hydrogen-bond donors (Lipinski definition) is 1. The van der Waals surface area contributed by atoms with E-state index in [1.54, 1.807) is 0 Å². The van der Waals surface area contributed by atoms with Gasteiger partial charge < -0.3 is 5.73 Å². The maximum atomic E-state index is 6.17. The minimum atomic E-state index is -0.0833. The molecule has 2 N–H and O–H groups in total. The molecule has 1 atom stereocenters. The molecule has 0 fully saturated rings. The zero-order chi connectivity index (χ0) is 11.1. The largest absolute Gasteiger partial charge is 0.325 e. The molecular weight excluding hydrogens is 206 g/mol. The van der Waals surface area contributed by atoms with Gasteiger partial charge in [-0.1, -0.05) is 23.7 Å². The van der Waals surface area contributed by atoms with Gasteiger partial charge in [0.1, 0.15) is 0 Å². The van der Waals surface area contributed by atoms with Crippen LogP contribution in [0.1, 0.15) is 31.4 Å². The molecule has 1 aromatic carbocycles. The number of rotatable bonds is 1. The molecule has 1 aliphatic carbocycles. The predicted molar refractivity (Wildman–Crippen MR) is 65.2 cm³/mol. The minimum Gasteiger partial charge on any atom is -0.325 e. The molecule has 0 spiro atoms. The van der Waals surface area contributed by atoms with Crippen LogP contribution >= 0.6 is 11.6 Å². The second kappa shape index (κ2) is 3.80. The molecule has 1 aliphatic rings. The summed E-state index contributed by atoms with van der Waals surface area (Å²) < 4.78 is 0. The van der Waals surface area contributed by atoms with Crippen LogP contribution in [0.25, 0.3) is 0 Å². The predicted octanol–water partition coefficient (Wildman–Crippen LogP) is 3.18. The SMILES string of the molecule is CC(C)(N)C1CCc2c(Cl)cccc2C1. The lowest BCUT2D eigenvalue weighted by molar-refractivity contribution is 0.288. The summed E-state index contributed by atoms with van der Waals surface area (Å²) in [5.41, 5.74) is 8.81. The smallest absolute Gasteiger partial charge is 0.0440 e. The average Bonchev–Trinajstić information content (AvgIpc) is 2.16. The molecule has 82 valence electrons. The molecule has 0 radical (unpaired) electrons. The maximum Gasteiger partial charge on any atom is 0.0440 e. The Morgan fingerprint density at radius 1 is 1.40 bits per heavy atom. The molecular formula is C13H18ClN. The Bertz CT molecular complexity index is 365. The first-order valence-corrected chi connectivity index (χ1v) is 5.91. The van der Waals surface area contributed by atoms with Crippen LogP contribution in [0.5, 0.6) is 0 Å². The molecule has 0 saturated heterocycles. The molecule has 0 saturated carbocycles. The zero-order valence-electron chi connectivity index (χ0n) is 9.39. The van der Waals surface area contributed by atoms with Crippen LogP contribution < -0.4 is 5.73 Å². The van der Waals surface area contributed by atoms with E-state index in [-0.39, 0.29) is 5.54 Å². The number of hydrogen-bond acceptors (Lipinski definition) is 1. The van der Waals surface area contributed by atoms with Crippen LogP contribution in [0.3, 0.4) is 0 Å². The van der Waals surface area contributed by atoms with Gasteiger partial charge in [-0.15, -0.1) is 0 Å². The number of nitrogens with two attached hydrogens (primary N) is 1. The third-order valence-corrected chi connectivity index (χ3v) is 3.83. The maximum absolute atomic E-state index is 6.17. The van der Waals surface area contributed by atoms with Gasteiger partial charge in [0.2, 0.25) is 0 Å². The van der Waals surface area contributed by atoms with E-state index in [1.807, 2.05) is 12.1 Å². The quantitative estimate of drug-likeness (QED) is 0.778. The van der Waals surface area contributed by atoms with Crippen LogP contribution in [0, 0.1) is 5.92 Å². The normalized spacial score (nSPS) is 21.2. The average molecular weight is 224 g/mol. The highest BCUT2D eigenvalue weighted by atomic mass is 35.5. The number of fused-ring (bicyclic) bond motifs is 1. The van der Waals surface area contributed by atoms with Crippen molar-refractivity contribution in [2.75, 3.05) is 0 Å². The third-order valence-electron chi connectivity index (χ3n) is 3.48. The Hall–Kier alpha value is -0.530. The van der Waals surface area contributed by atoms with E-state index >= 15 is 0 Å². The number of halogens is 1. The molecule has 2 rings (SSSR count). The fourth-order valence-electron chi connectivity index (χ4n) is 2.40. The topological polar surface area (TPSA) is 26.0 Å². The van der Waals surface area contributed by atoms with E-state index in [9.17, 15) is 0 Å². The zero-order valence-corrected chi connectivity index (χ0v) is 10.1. The van der Waals surface area contributed by atoms with E-state index in [0.29, 0.717) is 5.92 Å². The summed E-state index contributed by atoms with van der Waals surface area (Å²) >= 11 is 6.17. The van der Waals surface area contributed by atoms with Gasteiger partial charge in [0.05, 0.1) is 0 Å². The summed E-state index contributed by atoms with van der Waals surface area (Å²) in [6.07, 6.45) is 3.29. The van der Waals surface area contributed by atoms with Crippen molar-refractivity contribution in [3.8, 4) is 0 Å². The minimum absolute atomic E-state index is 0.0833. The first-order chi connectivity index (χ1) is 6.98. The van der Waals surface area contributed by atoms with Crippen molar-refractivity contribution in [1.29, 1.82) is 0 Å². The molecule has 0 aliphatic heterocycles. The van der Waals surface area contributed by atoms with Gasteiger partial charge in [0, 0.05) is 10.6 Å². The van der Waals surface area contributed by atoms with Crippen LogP contribution in [-0.2, 0) is 12.8 Å². The van der Waals surface area contributed by atoms with E-state index in [0.717, 1.165) is 24.3 Å². The summed E-state index contributed by atoms with van der Waals surface area (Å²) in [6, 6.07) is 6.19. The monoisotopic (exact) mass is 223 g/mol. The second-order valence-corrected chi connectivity index (χ2v) is 5.55. The molecule has 15 heavy (non-hydrogen) atoms. The molecule has 0 aromatic heterocycles. The molecule has 1 unspecified atom stereocenters. The summed E-state index contributed by atoms with van der Waals surface area (Å²) in [7, 11) is 0. The van der Waals surface area contributed by atoms with Crippen molar-refractivity contribution in [1.82, 2.24) is 0 Å². The van der Waals surface area contributed by atoms with Crippen molar-refractivity contribution < 1.29 is 0 Å². The van der Waals surface area contributed by atoms with E-state index in [2.05, 4.69) is 19.9 Å². The summed E-state index contributed by atoms with van der Waals surface area (Å²) in [5.74, 6) is 0.573. The van der Waals surface area contributed by atoms with Gasteiger partial charge in [0.25, 0.3) is 0 Å². The Labute approximate surface area is 96.6 Å². The van der Waals surface area contributed by atoms with Gasteiger partial charge in [-0.25, -0.2) is 0 Å². The van der Waals surface area contributed by atoms with E-state index in [4.69, 9.17) is 17.3 Å². The Morgan fingerprint density at radius 3 is 2.80 bits per heavy atom. The highest BCUT2D eigenvalue weighted by molar-refractivity contribution is 6.31. The van der Waals surface area contributed by atoms with Crippen LogP contribution in [0.4, 0.5) is 0 Å².